The van der Waals surface area contributed by atoms with Crippen molar-refractivity contribution in [1.82, 2.24) is 0 Å². The van der Waals surface area contributed by atoms with Crippen LogP contribution in [0.4, 0.5) is 0 Å². The molecule has 4 rings (SSSR count). The van der Waals surface area contributed by atoms with Gasteiger partial charge in [-0.15, -0.1) is 0 Å². The zero-order valence-corrected chi connectivity index (χ0v) is 21.9. The van der Waals surface area contributed by atoms with Crippen molar-refractivity contribution in [3.8, 4) is 0 Å². The lowest BCUT2D eigenvalue weighted by molar-refractivity contribution is -0.360. The Labute approximate surface area is 208 Å². The molecular formula is C25H42O10. The van der Waals surface area contributed by atoms with E-state index < -0.39 is 42.0 Å². The first-order valence-corrected chi connectivity index (χ1v) is 12.9. The van der Waals surface area contributed by atoms with E-state index in [1.165, 1.54) is 0 Å². The lowest BCUT2D eigenvalue weighted by atomic mass is 9.97. The highest BCUT2D eigenvalue weighted by molar-refractivity contribution is 5.78. The van der Waals surface area contributed by atoms with Gasteiger partial charge in [0.15, 0.2) is 30.3 Å². The summed E-state index contributed by atoms with van der Waals surface area (Å²) in [5.41, 5.74) is 0. The Morgan fingerprint density at radius 1 is 0.971 bits per heavy atom. The van der Waals surface area contributed by atoms with E-state index in [4.69, 9.17) is 42.6 Å². The Kier molecular flexibility index (Phi) is 8.57. The van der Waals surface area contributed by atoms with E-state index in [9.17, 15) is 4.79 Å². The van der Waals surface area contributed by atoms with E-state index in [0.29, 0.717) is 45.7 Å². The van der Waals surface area contributed by atoms with Gasteiger partial charge in [0, 0.05) is 26.1 Å². The summed E-state index contributed by atoms with van der Waals surface area (Å²) in [6, 6.07) is 0. The smallest absolute Gasteiger partial charge is 0.230 e. The van der Waals surface area contributed by atoms with Gasteiger partial charge >= 0.3 is 0 Å². The van der Waals surface area contributed by atoms with Gasteiger partial charge in [-0.3, -0.25) is 4.79 Å². The topological polar surface area (TPSA) is 100 Å². The molecule has 0 aromatic carbocycles. The first-order valence-electron chi connectivity index (χ1n) is 12.9. The highest BCUT2D eigenvalue weighted by Crippen LogP contribution is 2.50. The fourth-order valence-corrected chi connectivity index (χ4v) is 5.17. The largest absolute Gasteiger partial charge is 0.353 e. The van der Waals surface area contributed by atoms with Crippen LogP contribution in [0.1, 0.15) is 73.6 Å². The summed E-state index contributed by atoms with van der Waals surface area (Å²) < 4.78 is 54.0. The molecule has 0 amide bonds. The fraction of sp³-hybridized carbons (Fsp3) is 0.960. The minimum Gasteiger partial charge on any atom is -0.353 e. The molecule has 202 valence electrons. The van der Waals surface area contributed by atoms with Crippen LogP contribution in [0.2, 0.25) is 0 Å². The van der Waals surface area contributed by atoms with Crippen molar-refractivity contribution >= 4 is 5.78 Å². The van der Waals surface area contributed by atoms with E-state index in [0.717, 1.165) is 12.8 Å². The molecule has 0 aromatic heterocycles. The van der Waals surface area contributed by atoms with Gasteiger partial charge in [0.05, 0.1) is 19.3 Å². The molecule has 4 aliphatic heterocycles. The Hall–Kier alpha value is -0.690. The van der Waals surface area contributed by atoms with Crippen molar-refractivity contribution in [3.05, 3.63) is 0 Å². The average Bonchev–Trinajstić information content (AvgIpc) is 3.37. The van der Waals surface area contributed by atoms with Crippen molar-refractivity contribution in [3.63, 3.8) is 0 Å². The van der Waals surface area contributed by atoms with E-state index >= 15 is 0 Å². The second-order valence-electron chi connectivity index (χ2n) is 10.5. The number of carbonyl (C=O) groups is 1. The molecule has 1 unspecified atom stereocenters. The van der Waals surface area contributed by atoms with Crippen molar-refractivity contribution in [1.29, 1.82) is 0 Å². The molecule has 4 heterocycles. The van der Waals surface area contributed by atoms with Gasteiger partial charge in [-0.05, 0) is 60.8 Å². The molecule has 0 N–H and O–H groups in total. The van der Waals surface area contributed by atoms with Crippen LogP contribution in [0.5, 0.6) is 0 Å². The summed E-state index contributed by atoms with van der Waals surface area (Å²) in [5, 5.41) is 0. The van der Waals surface area contributed by atoms with Gasteiger partial charge in [-0.25, -0.2) is 0 Å². The molecule has 35 heavy (non-hydrogen) atoms. The van der Waals surface area contributed by atoms with Crippen LogP contribution >= 0.6 is 0 Å². The zero-order chi connectivity index (χ0) is 25.3. The second-order valence-corrected chi connectivity index (χ2v) is 10.5. The summed E-state index contributed by atoms with van der Waals surface area (Å²) in [6.07, 6.45) is 0.148. The zero-order valence-electron chi connectivity index (χ0n) is 21.9. The molecule has 4 aliphatic rings. The molecule has 4 saturated heterocycles. The van der Waals surface area contributed by atoms with Gasteiger partial charge in [0.25, 0.3) is 0 Å². The molecule has 0 aliphatic carbocycles. The maximum Gasteiger partial charge on any atom is 0.230 e. The molecule has 7 atom stereocenters. The fourth-order valence-electron chi connectivity index (χ4n) is 5.17. The SMILES string of the molecule is CCOC(C)OCCCCC(=O)C[C@H]1CCO[C@]2(O1)[C@@H]([C@H]1COC(C)(C)O1)O[C@@H]1OC(C)(C)O[C@@H]12. The lowest BCUT2D eigenvalue weighted by Gasteiger charge is -2.44. The number of rotatable bonds is 11. The normalized spacial score (nSPS) is 38.6. The quantitative estimate of drug-likeness (QED) is 0.310. The molecule has 1 spiro atoms. The first-order chi connectivity index (χ1) is 16.5. The molecule has 0 saturated carbocycles. The average molecular weight is 503 g/mol. The summed E-state index contributed by atoms with van der Waals surface area (Å²) in [4.78, 5) is 12.7. The molecule has 0 radical (unpaired) electrons. The van der Waals surface area contributed by atoms with Gasteiger partial charge in [-0.2, -0.15) is 0 Å². The number of unbranched alkanes of at least 4 members (excludes halogenated alkanes) is 1. The minimum atomic E-state index is -1.24. The number of carbonyl (C=O) groups excluding carboxylic acids is 1. The van der Waals surface area contributed by atoms with Gasteiger partial charge in [0.1, 0.15) is 18.0 Å². The molecule has 0 bridgehead atoms. The number of Topliss-reactive ketones (excluding diaryl/α,β-unsaturated/α-hetero) is 1. The van der Waals surface area contributed by atoms with Crippen LogP contribution in [0.15, 0.2) is 0 Å². The van der Waals surface area contributed by atoms with Crippen LogP contribution in [-0.2, 0) is 47.4 Å². The Bertz CT molecular complexity index is 727. The van der Waals surface area contributed by atoms with Crippen LogP contribution in [0, 0.1) is 0 Å². The van der Waals surface area contributed by atoms with Crippen LogP contribution in [0.25, 0.3) is 0 Å². The predicted molar refractivity (Wildman–Crippen MR) is 122 cm³/mol. The summed E-state index contributed by atoms with van der Waals surface area (Å²) in [5.74, 6) is -2.65. The number of fused-ring (bicyclic) bond motifs is 2. The third-order valence-corrected chi connectivity index (χ3v) is 6.68. The van der Waals surface area contributed by atoms with Crippen LogP contribution < -0.4 is 0 Å². The van der Waals surface area contributed by atoms with Crippen molar-refractivity contribution in [2.24, 2.45) is 0 Å². The van der Waals surface area contributed by atoms with Crippen LogP contribution in [-0.4, -0.2) is 86.6 Å². The Morgan fingerprint density at radius 2 is 1.77 bits per heavy atom. The number of ketones is 1. The first kappa shape index (κ1) is 27.3. The predicted octanol–water partition coefficient (Wildman–Crippen LogP) is 3.04. The van der Waals surface area contributed by atoms with E-state index in [1.54, 1.807) is 0 Å². The molecular weight excluding hydrogens is 460 g/mol. The third-order valence-electron chi connectivity index (χ3n) is 6.68. The van der Waals surface area contributed by atoms with Crippen molar-refractivity contribution in [2.45, 2.75) is 128 Å². The second kappa shape index (κ2) is 11.0. The van der Waals surface area contributed by atoms with Crippen molar-refractivity contribution < 1.29 is 47.4 Å². The standard InChI is InChI=1S/C25H42O10/c1-7-27-16(2)28-12-9-8-10-17(26)14-18-11-13-29-25(32-18)20(19-15-30-23(3,4)33-19)31-22-21(25)34-24(5,6)35-22/h16,18-22H,7-15H2,1-6H3/t16?,18-,19-,20-,21+,22-,25+/m1/s1. The van der Waals surface area contributed by atoms with E-state index in [1.807, 2.05) is 41.5 Å². The highest BCUT2D eigenvalue weighted by atomic mass is 16.9. The monoisotopic (exact) mass is 502 g/mol. The molecule has 0 aromatic rings. The van der Waals surface area contributed by atoms with Gasteiger partial charge in [-0.1, -0.05) is 0 Å². The van der Waals surface area contributed by atoms with Gasteiger partial charge < -0.3 is 42.6 Å². The number of ether oxygens (including phenoxy) is 9. The Morgan fingerprint density at radius 3 is 2.49 bits per heavy atom. The summed E-state index contributed by atoms with van der Waals surface area (Å²) in [7, 11) is 0. The maximum atomic E-state index is 12.7. The molecule has 10 heteroatoms. The van der Waals surface area contributed by atoms with Crippen LogP contribution in [0.3, 0.4) is 0 Å². The van der Waals surface area contributed by atoms with E-state index in [2.05, 4.69) is 0 Å². The van der Waals surface area contributed by atoms with Crippen molar-refractivity contribution in [2.75, 3.05) is 26.4 Å². The van der Waals surface area contributed by atoms with E-state index in [-0.39, 0.29) is 18.2 Å². The molecule has 4 fully saturated rings. The lowest BCUT2D eigenvalue weighted by Crippen LogP contribution is -2.61. The third kappa shape index (κ3) is 6.42. The van der Waals surface area contributed by atoms with Gasteiger partial charge in [0.2, 0.25) is 5.79 Å². The number of hydrogen-bond acceptors (Lipinski definition) is 10. The summed E-state index contributed by atoms with van der Waals surface area (Å²) >= 11 is 0. The Balaban J connectivity index is 1.35. The maximum absolute atomic E-state index is 12.7. The minimum absolute atomic E-state index is 0.155. The summed E-state index contributed by atoms with van der Waals surface area (Å²) in [6.45, 7) is 13.1. The highest BCUT2D eigenvalue weighted by Gasteiger charge is 2.70. The molecule has 10 nitrogen and oxygen atoms in total. The number of hydrogen-bond donors (Lipinski definition) is 0.